The topological polar surface area (TPSA) is 49.3 Å². The Bertz CT molecular complexity index is 351. The minimum Gasteiger partial charge on any atom is -0.396 e. The summed E-state index contributed by atoms with van der Waals surface area (Å²) in [5.41, 5.74) is 1.82. The predicted octanol–water partition coefficient (Wildman–Crippen LogP) is 2.47. The van der Waals surface area contributed by atoms with Crippen molar-refractivity contribution in [1.82, 2.24) is 5.32 Å². The van der Waals surface area contributed by atoms with Crippen LogP contribution >= 0.6 is 15.9 Å². The molecule has 1 atom stereocenters. The molecular formula is C13H18BrNO2. The molecule has 1 aromatic carbocycles. The minimum atomic E-state index is -0.0587. The minimum absolute atomic E-state index is 0.0587. The summed E-state index contributed by atoms with van der Waals surface area (Å²) in [6, 6.07) is 7.60. The molecule has 0 aliphatic carbocycles. The molecule has 4 heteroatoms. The molecule has 0 saturated carbocycles. The molecule has 0 heterocycles. The highest BCUT2D eigenvalue weighted by Crippen LogP contribution is 2.08. The number of alkyl halides is 1. The van der Waals surface area contributed by atoms with E-state index in [4.69, 9.17) is 5.11 Å². The summed E-state index contributed by atoms with van der Waals surface area (Å²) in [7, 11) is 0. The Morgan fingerprint density at radius 3 is 2.59 bits per heavy atom. The standard InChI is InChI=1S/C13H18BrNO2/c1-10(3-2-8-16)15-13(17)12-6-4-11(9-14)5-7-12/h4-7,10,16H,2-3,8-9H2,1H3,(H,15,17). The first kappa shape index (κ1) is 14.2. The van der Waals surface area contributed by atoms with Crippen molar-refractivity contribution in [3.05, 3.63) is 35.4 Å². The molecule has 1 aromatic rings. The first-order valence-electron chi connectivity index (χ1n) is 5.74. The van der Waals surface area contributed by atoms with Gasteiger partial charge < -0.3 is 10.4 Å². The Morgan fingerprint density at radius 2 is 2.06 bits per heavy atom. The van der Waals surface area contributed by atoms with Gasteiger partial charge in [-0.15, -0.1) is 0 Å². The third-order valence-electron chi connectivity index (χ3n) is 2.54. The lowest BCUT2D eigenvalue weighted by Crippen LogP contribution is -2.32. The van der Waals surface area contributed by atoms with Crippen LogP contribution in [0.15, 0.2) is 24.3 Å². The molecule has 1 amide bonds. The molecular weight excluding hydrogens is 282 g/mol. The summed E-state index contributed by atoms with van der Waals surface area (Å²) in [5, 5.41) is 12.4. The number of hydrogen-bond donors (Lipinski definition) is 2. The van der Waals surface area contributed by atoms with Gasteiger partial charge in [-0.3, -0.25) is 4.79 Å². The number of halogens is 1. The van der Waals surface area contributed by atoms with Gasteiger partial charge in [0, 0.05) is 23.5 Å². The Kier molecular flexibility index (Phi) is 6.22. The molecule has 1 unspecified atom stereocenters. The molecule has 0 saturated heterocycles. The number of aliphatic hydroxyl groups is 1. The average Bonchev–Trinajstić information content (AvgIpc) is 2.36. The molecule has 0 bridgehead atoms. The highest BCUT2D eigenvalue weighted by Gasteiger charge is 2.09. The molecule has 0 aliphatic heterocycles. The van der Waals surface area contributed by atoms with Crippen molar-refractivity contribution in [3.63, 3.8) is 0 Å². The quantitative estimate of drug-likeness (QED) is 0.793. The van der Waals surface area contributed by atoms with Gasteiger partial charge in [0.2, 0.25) is 0 Å². The van der Waals surface area contributed by atoms with E-state index in [1.165, 1.54) is 0 Å². The van der Waals surface area contributed by atoms with E-state index >= 15 is 0 Å². The monoisotopic (exact) mass is 299 g/mol. The maximum atomic E-state index is 11.8. The zero-order valence-electron chi connectivity index (χ0n) is 9.95. The molecule has 0 radical (unpaired) electrons. The van der Waals surface area contributed by atoms with Crippen LogP contribution in [-0.4, -0.2) is 23.7 Å². The summed E-state index contributed by atoms with van der Waals surface area (Å²) in [4.78, 5) is 11.8. The first-order valence-corrected chi connectivity index (χ1v) is 6.86. The van der Waals surface area contributed by atoms with E-state index in [2.05, 4.69) is 21.2 Å². The Balaban J connectivity index is 2.51. The smallest absolute Gasteiger partial charge is 0.251 e. The van der Waals surface area contributed by atoms with E-state index in [0.717, 1.165) is 17.3 Å². The molecule has 0 fully saturated rings. The lowest BCUT2D eigenvalue weighted by molar-refractivity contribution is 0.0936. The van der Waals surface area contributed by atoms with Crippen molar-refractivity contribution < 1.29 is 9.90 Å². The number of hydrogen-bond acceptors (Lipinski definition) is 2. The van der Waals surface area contributed by atoms with Gasteiger partial charge >= 0.3 is 0 Å². The van der Waals surface area contributed by atoms with E-state index in [1.54, 1.807) is 0 Å². The largest absolute Gasteiger partial charge is 0.396 e. The van der Waals surface area contributed by atoms with Gasteiger partial charge in [-0.1, -0.05) is 28.1 Å². The van der Waals surface area contributed by atoms with Crippen LogP contribution in [0.25, 0.3) is 0 Å². The zero-order chi connectivity index (χ0) is 12.7. The molecule has 0 aliphatic rings. The number of nitrogens with one attached hydrogen (secondary N) is 1. The van der Waals surface area contributed by atoms with Gasteiger partial charge in [0.15, 0.2) is 0 Å². The number of benzene rings is 1. The van der Waals surface area contributed by atoms with E-state index in [-0.39, 0.29) is 18.6 Å². The zero-order valence-corrected chi connectivity index (χ0v) is 11.5. The second kappa shape index (κ2) is 7.45. The summed E-state index contributed by atoms with van der Waals surface area (Å²) in [6.07, 6.45) is 1.51. The van der Waals surface area contributed by atoms with Crippen LogP contribution in [-0.2, 0) is 5.33 Å². The van der Waals surface area contributed by atoms with Crippen LogP contribution in [0.1, 0.15) is 35.7 Å². The van der Waals surface area contributed by atoms with E-state index in [9.17, 15) is 4.79 Å². The molecule has 1 rings (SSSR count). The van der Waals surface area contributed by atoms with Gasteiger partial charge in [0.05, 0.1) is 0 Å². The molecule has 2 N–H and O–H groups in total. The van der Waals surface area contributed by atoms with Crippen molar-refractivity contribution in [2.45, 2.75) is 31.1 Å². The SMILES string of the molecule is CC(CCCO)NC(=O)c1ccc(CBr)cc1. The number of amides is 1. The van der Waals surface area contributed by atoms with Gasteiger partial charge in [-0.25, -0.2) is 0 Å². The fraction of sp³-hybridized carbons (Fsp3) is 0.462. The van der Waals surface area contributed by atoms with Crippen LogP contribution < -0.4 is 5.32 Å². The second-order valence-corrected chi connectivity index (χ2v) is 4.63. The van der Waals surface area contributed by atoms with Crippen molar-refractivity contribution in [2.75, 3.05) is 6.61 Å². The van der Waals surface area contributed by atoms with Gasteiger partial charge in [-0.05, 0) is 37.5 Å². The maximum Gasteiger partial charge on any atom is 0.251 e. The Hall–Kier alpha value is -0.870. The average molecular weight is 300 g/mol. The third-order valence-corrected chi connectivity index (χ3v) is 3.19. The van der Waals surface area contributed by atoms with Gasteiger partial charge in [0.1, 0.15) is 0 Å². The van der Waals surface area contributed by atoms with Gasteiger partial charge in [-0.2, -0.15) is 0 Å². The molecule has 0 aromatic heterocycles. The fourth-order valence-corrected chi connectivity index (χ4v) is 1.90. The summed E-state index contributed by atoms with van der Waals surface area (Å²) in [5.74, 6) is -0.0587. The summed E-state index contributed by atoms with van der Waals surface area (Å²) in [6.45, 7) is 2.11. The van der Waals surface area contributed by atoms with Crippen LogP contribution in [0.3, 0.4) is 0 Å². The predicted molar refractivity (Wildman–Crippen MR) is 72.3 cm³/mol. The van der Waals surface area contributed by atoms with E-state index in [0.29, 0.717) is 12.0 Å². The normalized spacial score (nSPS) is 12.2. The van der Waals surface area contributed by atoms with Crippen molar-refractivity contribution >= 4 is 21.8 Å². The van der Waals surface area contributed by atoms with Crippen LogP contribution in [0.2, 0.25) is 0 Å². The Morgan fingerprint density at radius 1 is 1.41 bits per heavy atom. The summed E-state index contributed by atoms with van der Waals surface area (Å²) >= 11 is 3.36. The highest BCUT2D eigenvalue weighted by atomic mass is 79.9. The lowest BCUT2D eigenvalue weighted by atomic mass is 10.1. The molecule has 94 valence electrons. The van der Waals surface area contributed by atoms with Crippen LogP contribution in [0, 0.1) is 0 Å². The summed E-state index contributed by atoms with van der Waals surface area (Å²) < 4.78 is 0. The first-order chi connectivity index (χ1) is 8.17. The van der Waals surface area contributed by atoms with Crippen molar-refractivity contribution in [1.29, 1.82) is 0 Å². The van der Waals surface area contributed by atoms with Crippen molar-refractivity contribution in [3.8, 4) is 0 Å². The van der Waals surface area contributed by atoms with Crippen LogP contribution in [0.4, 0.5) is 0 Å². The molecule has 17 heavy (non-hydrogen) atoms. The number of rotatable bonds is 6. The number of carbonyl (C=O) groups excluding carboxylic acids is 1. The number of carbonyl (C=O) groups is 1. The van der Waals surface area contributed by atoms with E-state index < -0.39 is 0 Å². The molecule has 3 nitrogen and oxygen atoms in total. The molecule has 0 spiro atoms. The highest BCUT2D eigenvalue weighted by molar-refractivity contribution is 9.08. The van der Waals surface area contributed by atoms with Crippen LogP contribution in [0.5, 0.6) is 0 Å². The lowest BCUT2D eigenvalue weighted by Gasteiger charge is -2.13. The van der Waals surface area contributed by atoms with Crippen molar-refractivity contribution in [2.24, 2.45) is 0 Å². The van der Waals surface area contributed by atoms with Gasteiger partial charge in [0.25, 0.3) is 5.91 Å². The third kappa shape index (κ3) is 4.88. The number of aliphatic hydroxyl groups excluding tert-OH is 1. The Labute approximate surface area is 110 Å². The van der Waals surface area contributed by atoms with E-state index in [1.807, 2.05) is 31.2 Å². The second-order valence-electron chi connectivity index (χ2n) is 4.07. The maximum absolute atomic E-state index is 11.8. The fourth-order valence-electron chi connectivity index (χ4n) is 1.52.